The monoisotopic (exact) mass is 219 g/mol. The number of alkyl halides is 2. The lowest BCUT2D eigenvalue weighted by molar-refractivity contribution is 0.151. The van der Waals surface area contributed by atoms with Crippen LogP contribution in [-0.4, -0.2) is 0 Å². The summed E-state index contributed by atoms with van der Waals surface area (Å²) in [6.45, 7) is 0. The van der Waals surface area contributed by atoms with E-state index in [9.17, 15) is 8.78 Å². The Bertz CT molecular complexity index is 478. The first-order valence-electron chi connectivity index (χ1n) is 4.91. The molecule has 16 heavy (non-hydrogen) atoms. The molecule has 0 unspecified atom stereocenters. The van der Waals surface area contributed by atoms with E-state index in [0.29, 0.717) is 5.69 Å². The van der Waals surface area contributed by atoms with Gasteiger partial charge in [-0.05, 0) is 11.6 Å². The van der Waals surface area contributed by atoms with Crippen LogP contribution in [0.15, 0.2) is 48.5 Å². The summed E-state index contributed by atoms with van der Waals surface area (Å²) in [7, 11) is 0. The molecule has 0 bridgehead atoms. The second-order valence-electron chi connectivity index (χ2n) is 3.51. The first-order valence-corrected chi connectivity index (χ1v) is 4.91. The molecule has 0 aliphatic rings. The van der Waals surface area contributed by atoms with Crippen molar-refractivity contribution in [2.24, 2.45) is 0 Å². The van der Waals surface area contributed by atoms with Crippen LogP contribution < -0.4 is 5.73 Å². The quantitative estimate of drug-likeness (QED) is 0.762. The first-order chi connectivity index (χ1) is 7.68. The van der Waals surface area contributed by atoms with Gasteiger partial charge in [-0.15, -0.1) is 0 Å². The van der Waals surface area contributed by atoms with Crippen molar-refractivity contribution in [1.29, 1.82) is 0 Å². The Morgan fingerprint density at radius 1 is 0.875 bits per heavy atom. The molecule has 0 aliphatic heterocycles. The summed E-state index contributed by atoms with van der Waals surface area (Å²) < 4.78 is 24.7. The molecule has 0 fully saturated rings. The van der Waals surface area contributed by atoms with Crippen molar-refractivity contribution in [1.82, 2.24) is 0 Å². The van der Waals surface area contributed by atoms with E-state index in [1.54, 1.807) is 18.2 Å². The van der Waals surface area contributed by atoms with E-state index in [0.717, 1.165) is 11.1 Å². The van der Waals surface area contributed by atoms with Gasteiger partial charge < -0.3 is 5.73 Å². The minimum Gasteiger partial charge on any atom is -0.398 e. The Morgan fingerprint density at radius 3 is 2.06 bits per heavy atom. The number of rotatable bonds is 2. The standard InChI is InChI=1S/C13H11F2N/c14-13(15)10-7-5-9(6-8-10)11-3-1-2-4-12(11)16/h1-8,13H,16H2. The Kier molecular flexibility index (Phi) is 2.86. The van der Waals surface area contributed by atoms with Crippen molar-refractivity contribution >= 4 is 5.69 Å². The van der Waals surface area contributed by atoms with Crippen LogP contribution in [0, 0.1) is 0 Å². The minimum atomic E-state index is -2.43. The van der Waals surface area contributed by atoms with E-state index in [1.165, 1.54) is 12.1 Å². The Labute approximate surface area is 92.5 Å². The number of hydrogen-bond acceptors (Lipinski definition) is 1. The normalized spacial score (nSPS) is 10.7. The molecule has 0 amide bonds. The van der Waals surface area contributed by atoms with Crippen LogP contribution in [0.1, 0.15) is 12.0 Å². The number of para-hydroxylation sites is 1. The van der Waals surface area contributed by atoms with Crippen LogP contribution in [0.25, 0.3) is 11.1 Å². The van der Waals surface area contributed by atoms with E-state index in [2.05, 4.69) is 0 Å². The third kappa shape index (κ3) is 2.03. The highest BCUT2D eigenvalue weighted by Gasteiger charge is 2.07. The maximum absolute atomic E-state index is 12.4. The molecule has 0 saturated heterocycles. The van der Waals surface area contributed by atoms with E-state index in [-0.39, 0.29) is 5.56 Å². The summed E-state index contributed by atoms with van der Waals surface area (Å²) in [5.74, 6) is 0. The van der Waals surface area contributed by atoms with E-state index >= 15 is 0 Å². The average Bonchev–Trinajstić information content (AvgIpc) is 2.30. The number of benzene rings is 2. The molecule has 2 aromatic rings. The summed E-state index contributed by atoms with van der Waals surface area (Å²) in [5, 5.41) is 0. The maximum atomic E-state index is 12.4. The van der Waals surface area contributed by atoms with Gasteiger partial charge in [0, 0.05) is 16.8 Å². The van der Waals surface area contributed by atoms with Crippen LogP contribution in [0.5, 0.6) is 0 Å². The topological polar surface area (TPSA) is 26.0 Å². The first kappa shape index (κ1) is 10.6. The van der Waals surface area contributed by atoms with Crippen LogP contribution in [0.2, 0.25) is 0 Å². The highest BCUT2D eigenvalue weighted by atomic mass is 19.3. The van der Waals surface area contributed by atoms with E-state index in [4.69, 9.17) is 5.73 Å². The van der Waals surface area contributed by atoms with Gasteiger partial charge in [-0.3, -0.25) is 0 Å². The molecule has 2 rings (SSSR count). The van der Waals surface area contributed by atoms with Crippen LogP contribution >= 0.6 is 0 Å². The van der Waals surface area contributed by atoms with Crippen LogP contribution in [0.4, 0.5) is 14.5 Å². The van der Waals surface area contributed by atoms with E-state index in [1.807, 2.05) is 18.2 Å². The highest BCUT2D eigenvalue weighted by molar-refractivity contribution is 5.76. The molecule has 0 saturated carbocycles. The lowest BCUT2D eigenvalue weighted by Crippen LogP contribution is -1.90. The molecule has 0 aromatic heterocycles. The molecular formula is C13H11F2N. The predicted molar refractivity (Wildman–Crippen MR) is 61.2 cm³/mol. The Hall–Kier alpha value is -1.90. The van der Waals surface area contributed by atoms with Crippen molar-refractivity contribution in [3.8, 4) is 11.1 Å². The van der Waals surface area contributed by atoms with Gasteiger partial charge in [0.15, 0.2) is 0 Å². The largest absolute Gasteiger partial charge is 0.398 e. The summed E-state index contributed by atoms with van der Waals surface area (Å²) in [6, 6.07) is 13.5. The molecule has 0 atom stereocenters. The Balaban J connectivity index is 2.39. The molecule has 0 radical (unpaired) electrons. The molecule has 0 heterocycles. The van der Waals surface area contributed by atoms with Gasteiger partial charge in [-0.1, -0.05) is 42.5 Å². The molecule has 0 spiro atoms. The molecule has 1 nitrogen and oxygen atoms in total. The summed E-state index contributed by atoms with van der Waals surface area (Å²) in [5.41, 5.74) is 8.19. The van der Waals surface area contributed by atoms with Gasteiger partial charge in [0.1, 0.15) is 0 Å². The molecular weight excluding hydrogens is 208 g/mol. The summed E-state index contributed by atoms with van der Waals surface area (Å²) in [4.78, 5) is 0. The fourth-order valence-corrected chi connectivity index (χ4v) is 1.57. The van der Waals surface area contributed by atoms with Crippen LogP contribution in [-0.2, 0) is 0 Å². The third-order valence-electron chi connectivity index (χ3n) is 2.43. The maximum Gasteiger partial charge on any atom is 0.263 e. The van der Waals surface area contributed by atoms with Gasteiger partial charge >= 0.3 is 0 Å². The highest BCUT2D eigenvalue weighted by Crippen LogP contribution is 2.27. The molecule has 2 N–H and O–H groups in total. The minimum absolute atomic E-state index is 0.0262. The fourth-order valence-electron chi connectivity index (χ4n) is 1.57. The summed E-state index contributed by atoms with van der Waals surface area (Å²) in [6.07, 6.45) is -2.43. The van der Waals surface area contributed by atoms with Gasteiger partial charge in [-0.25, -0.2) is 8.78 Å². The van der Waals surface area contributed by atoms with Crippen molar-refractivity contribution in [2.45, 2.75) is 6.43 Å². The zero-order valence-corrected chi connectivity index (χ0v) is 8.53. The number of anilines is 1. The lowest BCUT2D eigenvalue weighted by Gasteiger charge is -2.06. The average molecular weight is 219 g/mol. The van der Waals surface area contributed by atoms with E-state index < -0.39 is 6.43 Å². The predicted octanol–water partition coefficient (Wildman–Crippen LogP) is 3.87. The van der Waals surface area contributed by atoms with Gasteiger partial charge in [0.2, 0.25) is 0 Å². The van der Waals surface area contributed by atoms with Gasteiger partial charge in [-0.2, -0.15) is 0 Å². The molecule has 0 aliphatic carbocycles. The molecule has 2 aromatic carbocycles. The summed E-state index contributed by atoms with van der Waals surface area (Å²) >= 11 is 0. The Morgan fingerprint density at radius 2 is 1.50 bits per heavy atom. The van der Waals surface area contributed by atoms with Gasteiger partial charge in [0.25, 0.3) is 6.43 Å². The zero-order valence-electron chi connectivity index (χ0n) is 8.53. The van der Waals surface area contributed by atoms with Gasteiger partial charge in [0.05, 0.1) is 0 Å². The molecule has 82 valence electrons. The van der Waals surface area contributed by atoms with Crippen LogP contribution in [0.3, 0.4) is 0 Å². The number of hydrogen-bond donors (Lipinski definition) is 1. The number of halogens is 2. The smallest absolute Gasteiger partial charge is 0.263 e. The zero-order chi connectivity index (χ0) is 11.5. The fraction of sp³-hybridized carbons (Fsp3) is 0.0769. The molecule has 3 heteroatoms. The van der Waals surface area contributed by atoms with Crippen molar-refractivity contribution in [3.63, 3.8) is 0 Å². The SMILES string of the molecule is Nc1ccccc1-c1ccc(C(F)F)cc1. The van der Waals surface area contributed by atoms with Crippen molar-refractivity contribution < 1.29 is 8.78 Å². The number of nitrogens with two attached hydrogens (primary N) is 1. The number of nitrogen functional groups attached to an aromatic ring is 1. The van der Waals surface area contributed by atoms with Crippen molar-refractivity contribution in [3.05, 3.63) is 54.1 Å². The second-order valence-corrected chi connectivity index (χ2v) is 3.51. The third-order valence-corrected chi connectivity index (χ3v) is 2.43. The van der Waals surface area contributed by atoms with Crippen molar-refractivity contribution in [2.75, 3.05) is 5.73 Å². The lowest BCUT2D eigenvalue weighted by atomic mass is 10.0. The second kappa shape index (κ2) is 4.31.